The smallest absolute Gasteiger partial charge is 0.317 e. The quantitative estimate of drug-likeness (QED) is 0.780. The summed E-state index contributed by atoms with van der Waals surface area (Å²) < 4.78 is 5.55. The fourth-order valence-electron chi connectivity index (χ4n) is 1.99. The van der Waals surface area contributed by atoms with Gasteiger partial charge in [0.25, 0.3) is 0 Å². The molecule has 1 aliphatic heterocycles. The zero-order valence-electron chi connectivity index (χ0n) is 10.5. The molecule has 16 heavy (non-hydrogen) atoms. The van der Waals surface area contributed by atoms with Crippen LogP contribution in [0.1, 0.15) is 40.0 Å². The highest BCUT2D eigenvalue weighted by Crippen LogP contribution is 2.19. The number of nitrogens with zero attached hydrogens (tertiary/aromatic N) is 1. The van der Waals surface area contributed by atoms with Gasteiger partial charge in [0.05, 0.1) is 12.6 Å². The summed E-state index contributed by atoms with van der Waals surface area (Å²) in [4.78, 5) is 12.8. The molecular formula is C12H23NO3. The van der Waals surface area contributed by atoms with Crippen LogP contribution in [0.2, 0.25) is 0 Å². The molecule has 0 aromatic rings. The van der Waals surface area contributed by atoms with E-state index in [1.165, 1.54) is 0 Å². The number of rotatable bonds is 5. The highest BCUT2D eigenvalue weighted by atomic mass is 16.5. The Morgan fingerprint density at radius 3 is 2.62 bits per heavy atom. The molecule has 1 rings (SSSR count). The van der Waals surface area contributed by atoms with Gasteiger partial charge in [-0.2, -0.15) is 0 Å². The Balaban J connectivity index is 2.40. The first-order valence-electron chi connectivity index (χ1n) is 5.98. The van der Waals surface area contributed by atoms with Crippen molar-refractivity contribution in [3.8, 4) is 0 Å². The van der Waals surface area contributed by atoms with Gasteiger partial charge in [-0.05, 0) is 40.0 Å². The lowest BCUT2D eigenvalue weighted by molar-refractivity contribution is -0.139. The number of ether oxygens (including phenoxy) is 1. The lowest BCUT2D eigenvalue weighted by Gasteiger charge is -2.34. The summed E-state index contributed by atoms with van der Waals surface area (Å²) in [5, 5.41) is 8.87. The summed E-state index contributed by atoms with van der Waals surface area (Å²) in [5.74, 6) is -0.762. The highest BCUT2D eigenvalue weighted by Gasteiger charge is 2.25. The molecule has 4 nitrogen and oxygen atoms in total. The van der Waals surface area contributed by atoms with Crippen molar-refractivity contribution >= 4 is 5.97 Å². The molecule has 0 bridgehead atoms. The number of aliphatic carboxylic acids is 1. The van der Waals surface area contributed by atoms with Crippen molar-refractivity contribution in [1.82, 2.24) is 4.90 Å². The molecule has 94 valence electrons. The van der Waals surface area contributed by atoms with Crippen molar-refractivity contribution in [3.05, 3.63) is 0 Å². The molecule has 0 amide bonds. The monoisotopic (exact) mass is 229 g/mol. The van der Waals surface area contributed by atoms with E-state index in [1.54, 1.807) is 0 Å². The van der Waals surface area contributed by atoms with E-state index < -0.39 is 5.97 Å². The molecule has 0 spiro atoms. The molecule has 0 radical (unpaired) electrons. The van der Waals surface area contributed by atoms with Crippen molar-refractivity contribution in [2.24, 2.45) is 0 Å². The summed E-state index contributed by atoms with van der Waals surface area (Å²) >= 11 is 0. The molecule has 1 saturated heterocycles. The molecule has 0 aliphatic carbocycles. The molecule has 1 N–H and O–H groups in total. The summed E-state index contributed by atoms with van der Waals surface area (Å²) in [5.41, 5.74) is -0.100. The van der Waals surface area contributed by atoms with E-state index in [9.17, 15) is 4.79 Å². The van der Waals surface area contributed by atoms with E-state index in [4.69, 9.17) is 9.84 Å². The Morgan fingerprint density at radius 2 is 2.19 bits per heavy atom. The molecule has 0 saturated carbocycles. The fourth-order valence-corrected chi connectivity index (χ4v) is 1.99. The van der Waals surface area contributed by atoms with Crippen molar-refractivity contribution in [2.75, 3.05) is 19.7 Å². The zero-order valence-corrected chi connectivity index (χ0v) is 10.5. The molecule has 0 aromatic carbocycles. The summed E-state index contributed by atoms with van der Waals surface area (Å²) in [6.45, 7) is 7.90. The second-order valence-corrected chi connectivity index (χ2v) is 5.41. The van der Waals surface area contributed by atoms with Crippen molar-refractivity contribution in [2.45, 2.75) is 51.7 Å². The largest absolute Gasteiger partial charge is 0.480 e. The molecule has 1 atom stereocenters. The topological polar surface area (TPSA) is 49.8 Å². The lowest BCUT2D eigenvalue weighted by Crippen LogP contribution is -2.45. The van der Waals surface area contributed by atoms with Gasteiger partial charge in [0.2, 0.25) is 0 Å². The minimum Gasteiger partial charge on any atom is -0.480 e. The predicted octanol–water partition coefficient (Wildman–Crippen LogP) is 1.74. The number of carboxylic acids is 1. The molecule has 1 heterocycles. The average molecular weight is 229 g/mol. The molecule has 1 aliphatic rings. The second kappa shape index (κ2) is 5.64. The SMILES string of the molecule is CC(C)(C)N(CCC1CCCO1)CC(=O)O. The zero-order chi connectivity index (χ0) is 12.2. The molecule has 0 aromatic heterocycles. The second-order valence-electron chi connectivity index (χ2n) is 5.41. The Kier molecular flexibility index (Phi) is 4.74. The van der Waals surface area contributed by atoms with E-state index in [1.807, 2.05) is 25.7 Å². The molecule has 1 unspecified atom stereocenters. The van der Waals surface area contributed by atoms with Crippen molar-refractivity contribution in [1.29, 1.82) is 0 Å². The van der Waals surface area contributed by atoms with Gasteiger partial charge in [-0.3, -0.25) is 9.69 Å². The third-order valence-corrected chi connectivity index (χ3v) is 3.02. The normalized spacial score (nSPS) is 21.6. The predicted molar refractivity (Wildman–Crippen MR) is 62.6 cm³/mol. The minimum absolute atomic E-state index is 0.100. The minimum atomic E-state index is -0.762. The van der Waals surface area contributed by atoms with E-state index in [0.29, 0.717) is 6.10 Å². The fraction of sp³-hybridized carbons (Fsp3) is 0.917. The van der Waals surface area contributed by atoms with Crippen LogP contribution in [0.4, 0.5) is 0 Å². The Labute approximate surface area is 97.6 Å². The van der Waals surface area contributed by atoms with E-state index in [-0.39, 0.29) is 12.1 Å². The first kappa shape index (κ1) is 13.5. The Morgan fingerprint density at radius 1 is 1.50 bits per heavy atom. The van der Waals surface area contributed by atoms with Crippen LogP contribution in [0.25, 0.3) is 0 Å². The van der Waals surface area contributed by atoms with Gasteiger partial charge in [0.1, 0.15) is 0 Å². The van der Waals surface area contributed by atoms with Gasteiger partial charge in [-0.15, -0.1) is 0 Å². The van der Waals surface area contributed by atoms with Crippen LogP contribution in [-0.4, -0.2) is 47.3 Å². The van der Waals surface area contributed by atoms with E-state index in [2.05, 4.69) is 0 Å². The highest BCUT2D eigenvalue weighted by molar-refractivity contribution is 5.69. The maximum atomic E-state index is 10.8. The van der Waals surface area contributed by atoms with Crippen LogP contribution >= 0.6 is 0 Å². The van der Waals surface area contributed by atoms with Gasteiger partial charge in [0, 0.05) is 18.7 Å². The van der Waals surface area contributed by atoms with E-state index >= 15 is 0 Å². The van der Waals surface area contributed by atoms with Gasteiger partial charge in [-0.25, -0.2) is 0 Å². The number of hydrogen-bond acceptors (Lipinski definition) is 3. The van der Waals surface area contributed by atoms with Crippen LogP contribution in [0.3, 0.4) is 0 Å². The number of hydrogen-bond donors (Lipinski definition) is 1. The van der Waals surface area contributed by atoms with Crippen molar-refractivity contribution in [3.63, 3.8) is 0 Å². The van der Waals surface area contributed by atoms with Gasteiger partial charge in [-0.1, -0.05) is 0 Å². The average Bonchev–Trinajstić information content (AvgIpc) is 2.62. The van der Waals surface area contributed by atoms with Crippen LogP contribution in [-0.2, 0) is 9.53 Å². The molecule has 4 heteroatoms. The summed E-state index contributed by atoms with van der Waals surface area (Å²) in [7, 11) is 0. The van der Waals surface area contributed by atoms with Crippen LogP contribution < -0.4 is 0 Å². The maximum Gasteiger partial charge on any atom is 0.317 e. The van der Waals surface area contributed by atoms with Crippen molar-refractivity contribution < 1.29 is 14.6 Å². The van der Waals surface area contributed by atoms with Gasteiger partial charge >= 0.3 is 5.97 Å². The first-order valence-corrected chi connectivity index (χ1v) is 5.98. The number of carbonyl (C=O) groups is 1. The standard InChI is InChI=1S/C12H23NO3/c1-12(2,3)13(9-11(14)15)7-6-10-5-4-8-16-10/h10H,4-9H2,1-3H3,(H,14,15). The third-order valence-electron chi connectivity index (χ3n) is 3.02. The Bertz CT molecular complexity index is 229. The van der Waals surface area contributed by atoms with E-state index in [0.717, 1.165) is 32.4 Å². The van der Waals surface area contributed by atoms with Gasteiger partial charge < -0.3 is 9.84 Å². The van der Waals surface area contributed by atoms with Crippen LogP contribution in [0.5, 0.6) is 0 Å². The third kappa shape index (κ3) is 4.49. The summed E-state index contributed by atoms with van der Waals surface area (Å²) in [6, 6.07) is 0. The molecular weight excluding hydrogens is 206 g/mol. The van der Waals surface area contributed by atoms with Crippen LogP contribution in [0.15, 0.2) is 0 Å². The van der Waals surface area contributed by atoms with Crippen LogP contribution in [0, 0.1) is 0 Å². The summed E-state index contributed by atoms with van der Waals surface area (Å²) in [6.07, 6.45) is 3.52. The maximum absolute atomic E-state index is 10.8. The lowest BCUT2D eigenvalue weighted by atomic mass is 10.0. The molecule has 1 fully saturated rings. The number of carboxylic acid groups (broad SMARTS) is 1. The Hall–Kier alpha value is -0.610. The van der Waals surface area contributed by atoms with Gasteiger partial charge in [0.15, 0.2) is 0 Å². The first-order chi connectivity index (χ1) is 7.39.